The highest BCUT2D eigenvalue weighted by Gasteiger charge is 2.44. The SMILES string of the molecule is CCCCCCC/C=C/CCCCCCCC(=O)N[C@@H](CO[C@@H]1O[C@H](CO)[C@@H](O)C(O)C1O)[C@H](O)/C=C/CCCCCCCCCCCCCCCC. The number of carbonyl (C=O) groups excluding carboxylic acids is 1. The van der Waals surface area contributed by atoms with Crippen molar-refractivity contribution in [1.29, 1.82) is 0 Å². The van der Waals surface area contributed by atoms with Gasteiger partial charge in [0.25, 0.3) is 0 Å². The molecule has 1 saturated heterocycles. The normalized spacial score (nSPS) is 21.8. The van der Waals surface area contributed by atoms with Gasteiger partial charge in [-0.1, -0.05) is 167 Å². The lowest BCUT2D eigenvalue weighted by atomic mass is 9.99. The molecule has 0 bridgehead atoms. The Hall–Kier alpha value is -1.33. The van der Waals surface area contributed by atoms with E-state index in [4.69, 9.17) is 9.47 Å². The standard InChI is InChI=1S/C44H83NO8/c1-3-5-7-9-11-13-15-17-19-20-21-23-25-27-29-31-33-38(47)37(36-52-44-43(51)42(50)41(49)39(35-46)53-44)45-40(48)34-32-30-28-26-24-22-18-16-14-12-10-8-6-4-2/h16,18,31,33,37-39,41-44,46-47,49-51H,3-15,17,19-30,32,34-36H2,1-2H3,(H,45,48)/b18-16+,33-31+/t37-,38+,39+,41+,42?,43?,44+/m0/s1. The maximum Gasteiger partial charge on any atom is 0.220 e. The summed E-state index contributed by atoms with van der Waals surface area (Å²) >= 11 is 0. The molecule has 1 aliphatic rings. The number of nitrogens with one attached hydrogen (secondary N) is 1. The Balaban J connectivity index is 2.40. The van der Waals surface area contributed by atoms with Gasteiger partial charge in [-0.15, -0.1) is 0 Å². The van der Waals surface area contributed by atoms with Crippen LogP contribution in [0.1, 0.15) is 194 Å². The molecule has 0 aromatic carbocycles. The number of hydrogen-bond donors (Lipinski definition) is 6. The minimum atomic E-state index is -1.56. The van der Waals surface area contributed by atoms with Crippen molar-refractivity contribution in [3.63, 3.8) is 0 Å². The molecule has 1 rings (SSSR count). The number of amides is 1. The van der Waals surface area contributed by atoms with E-state index in [1.165, 1.54) is 116 Å². The van der Waals surface area contributed by atoms with Crippen molar-refractivity contribution in [3.05, 3.63) is 24.3 Å². The number of ether oxygens (including phenoxy) is 2. The topological polar surface area (TPSA) is 149 Å². The fraction of sp³-hybridized carbons (Fsp3) is 0.886. The first-order valence-electron chi connectivity index (χ1n) is 22.1. The third-order valence-corrected chi connectivity index (χ3v) is 10.5. The fourth-order valence-corrected chi connectivity index (χ4v) is 6.91. The van der Waals surface area contributed by atoms with E-state index in [1.807, 2.05) is 6.08 Å². The van der Waals surface area contributed by atoms with Gasteiger partial charge in [-0.05, 0) is 44.9 Å². The lowest BCUT2D eigenvalue weighted by Crippen LogP contribution is -2.60. The molecular weight excluding hydrogens is 670 g/mol. The van der Waals surface area contributed by atoms with Crippen molar-refractivity contribution in [2.24, 2.45) is 0 Å². The van der Waals surface area contributed by atoms with Gasteiger partial charge in [-0.2, -0.15) is 0 Å². The second-order valence-corrected chi connectivity index (χ2v) is 15.5. The zero-order valence-corrected chi connectivity index (χ0v) is 34.0. The summed E-state index contributed by atoms with van der Waals surface area (Å²) in [4.78, 5) is 12.9. The molecule has 7 atom stereocenters. The number of allylic oxidation sites excluding steroid dienone is 3. The molecule has 9 nitrogen and oxygen atoms in total. The summed E-state index contributed by atoms with van der Waals surface area (Å²) < 4.78 is 11.2. The molecular formula is C44H83NO8. The van der Waals surface area contributed by atoms with Crippen molar-refractivity contribution in [2.75, 3.05) is 13.2 Å². The first kappa shape index (κ1) is 49.7. The summed E-state index contributed by atoms with van der Waals surface area (Å²) in [6, 6.07) is -0.805. The van der Waals surface area contributed by atoms with Gasteiger partial charge in [0, 0.05) is 6.42 Å². The molecule has 1 fully saturated rings. The van der Waals surface area contributed by atoms with Crippen LogP contribution in [0.3, 0.4) is 0 Å². The third-order valence-electron chi connectivity index (χ3n) is 10.5. The summed E-state index contributed by atoms with van der Waals surface area (Å²) in [6.07, 6.45) is 33.5. The van der Waals surface area contributed by atoms with Gasteiger partial charge >= 0.3 is 0 Å². The number of carbonyl (C=O) groups is 1. The largest absolute Gasteiger partial charge is 0.394 e. The molecule has 0 aromatic heterocycles. The molecule has 1 amide bonds. The maximum absolute atomic E-state index is 12.9. The Morgan fingerprint density at radius 1 is 0.623 bits per heavy atom. The van der Waals surface area contributed by atoms with Crippen molar-refractivity contribution in [3.8, 4) is 0 Å². The zero-order chi connectivity index (χ0) is 38.8. The molecule has 1 aliphatic heterocycles. The Bertz CT molecular complexity index is 883. The summed E-state index contributed by atoms with van der Waals surface area (Å²) in [5.74, 6) is -0.186. The minimum Gasteiger partial charge on any atom is -0.394 e. The van der Waals surface area contributed by atoms with Crippen LogP contribution in [0, 0.1) is 0 Å². The van der Waals surface area contributed by atoms with Crippen molar-refractivity contribution >= 4 is 5.91 Å². The third kappa shape index (κ3) is 26.2. The second-order valence-electron chi connectivity index (χ2n) is 15.5. The molecule has 0 aromatic rings. The highest BCUT2D eigenvalue weighted by Crippen LogP contribution is 2.22. The van der Waals surface area contributed by atoms with Crippen LogP contribution in [0.5, 0.6) is 0 Å². The molecule has 0 radical (unpaired) electrons. The van der Waals surface area contributed by atoms with Crippen molar-refractivity contribution in [2.45, 2.75) is 236 Å². The van der Waals surface area contributed by atoms with Gasteiger partial charge in [0.2, 0.25) is 5.91 Å². The Labute approximate surface area is 324 Å². The quantitative estimate of drug-likeness (QED) is 0.0275. The van der Waals surface area contributed by atoms with Gasteiger partial charge in [-0.25, -0.2) is 0 Å². The molecule has 53 heavy (non-hydrogen) atoms. The lowest BCUT2D eigenvalue weighted by molar-refractivity contribution is -0.302. The number of rotatable bonds is 36. The van der Waals surface area contributed by atoms with E-state index in [2.05, 4.69) is 31.3 Å². The molecule has 1 heterocycles. The van der Waals surface area contributed by atoms with E-state index >= 15 is 0 Å². The molecule has 0 aliphatic carbocycles. The highest BCUT2D eigenvalue weighted by atomic mass is 16.7. The van der Waals surface area contributed by atoms with E-state index in [1.54, 1.807) is 6.08 Å². The predicted molar refractivity (Wildman–Crippen MR) is 217 cm³/mol. The Morgan fingerprint density at radius 3 is 1.53 bits per heavy atom. The van der Waals surface area contributed by atoms with Crippen molar-refractivity contribution < 1.29 is 39.8 Å². The first-order chi connectivity index (χ1) is 25.8. The number of aliphatic hydroxyl groups is 5. The average molecular weight is 754 g/mol. The smallest absolute Gasteiger partial charge is 0.220 e. The van der Waals surface area contributed by atoms with Gasteiger partial charge in [0.15, 0.2) is 6.29 Å². The maximum atomic E-state index is 12.9. The van der Waals surface area contributed by atoms with Crippen LogP contribution in [-0.4, -0.2) is 87.5 Å². The predicted octanol–water partition coefficient (Wildman–Crippen LogP) is 8.72. The second kappa shape index (κ2) is 35.1. The average Bonchev–Trinajstić information content (AvgIpc) is 3.16. The summed E-state index contributed by atoms with van der Waals surface area (Å²) in [7, 11) is 0. The van der Waals surface area contributed by atoms with Crippen LogP contribution >= 0.6 is 0 Å². The van der Waals surface area contributed by atoms with Gasteiger partial charge in [0.05, 0.1) is 25.4 Å². The molecule has 2 unspecified atom stereocenters. The van der Waals surface area contributed by atoms with Gasteiger partial charge in [-0.3, -0.25) is 4.79 Å². The number of unbranched alkanes of at least 4 members (excludes halogenated alkanes) is 24. The highest BCUT2D eigenvalue weighted by molar-refractivity contribution is 5.76. The molecule has 0 spiro atoms. The zero-order valence-electron chi connectivity index (χ0n) is 34.0. The van der Waals surface area contributed by atoms with Crippen LogP contribution in [0.25, 0.3) is 0 Å². The Morgan fingerprint density at radius 2 is 1.06 bits per heavy atom. The van der Waals surface area contributed by atoms with E-state index in [-0.39, 0.29) is 12.5 Å². The fourth-order valence-electron chi connectivity index (χ4n) is 6.91. The van der Waals surface area contributed by atoms with Crippen LogP contribution < -0.4 is 5.32 Å². The monoisotopic (exact) mass is 754 g/mol. The van der Waals surface area contributed by atoms with E-state index in [9.17, 15) is 30.3 Å². The van der Waals surface area contributed by atoms with E-state index < -0.39 is 49.5 Å². The lowest BCUT2D eigenvalue weighted by Gasteiger charge is -2.40. The summed E-state index contributed by atoms with van der Waals surface area (Å²) in [5.41, 5.74) is 0. The van der Waals surface area contributed by atoms with E-state index in [0.29, 0.717) is 6.42 Å². The summed E-state index contributed by atoms with van der Waals surface area (Å²) in [5, 5.41) is 54.1. The van der Waals surface area contributed by atoms with Crippen molar-refractivity contribution in [1.82, 2.24) is 5.32 Å². The van der Waals surface area contributed by atoms with Crippen LogP contribution in [0.2, 0.25) is 0 Å². The molecule has 312 valence electrons. The van der Waals surface area contributed by atoms with Crippen LogP contribution in [-0.2, 0) is 14.3 Å². The summed E-state index contributed by atoms with van der Waals surface area (Å²) in [6.45, 7) is 3.75. The van der Waals surface area contributed by atoms with Crippen LogP contribution in [0.15, 0.2) is 24.3 Å². The number of hydrogen-bond acceptors (Lipinski definition) is 8. The van der Waals surface area contributed by atoms with Gasteiger partial charge in [0.1, 0.15) is 24.4 Å². The molecule has 9 heteroatoms. The van der Waals surface area contributed by atoms with Gasteiger partial charge < -0.3 is 40.3 Å². The first-order valence-corrected chi connectivity index (χ1v) is 22.1. The Kier molecular flexibility index (Phi) is 32.9. The number of aliphatic hydroxyl groups excluding tert-OH is 5. The minimum absolute atomic E-state index is 0.186. The van der Waals surface area contributed by atoms with E-state index in [0.717, 1.165) is 57.8 Å². The molecule has 0 saturated carbocycles. The van der Waals surface area contributed by atoms with Crippen LogP contribution in [0.4, 0.5) is 0 Å². The molecule has 6 N–H and O–H groups in total.